The summed E-state index contributed by atoms with van der Waals surface area (Å²) in [5.41, 5.74) is 5.18. The molecular weight excluding hydrogens is 376 g/mol. The van der Waals surface area contributed by atoms with Crippen LogP contribution in [0.2, 0.25) is 0 Å². The molecule has 1 aliphatic heterocycles. The van der Waals surface area contributed by atoms with Gasteiger partial charge in [0, 0.05) is 11.3 Å². The molecule has 3 amide bonds. The summed E-state index contributed by atoms with van der Waals surface area (Å²) in [6.45, 7) is 6.03. The van der Waals surface area contributed by atoms with Gasteiger partial charge in [0.15, 0.2) is 0 Å². The number of allylic oxidation sites excluding steroid dienone is 2. The minimum absolute atomic E-state index is 0.0995. The fourth-order valence-corrected chi connectivity index (χ4v) is 5.37. The van der Waals surface area contributed by atoms with Crippen LogP contribution < -0.4 is 10.2 Å². The number of imide groups is 1. The van der Waals surface area contributed by atoms with Crippen molar-refractivity contribution in [1.82, 2.24) is 0 Å². The molecule has 2 aliphatic carbocycles. The molecule has 2 fully saturated rings. The Balaban J connectivity index is 1.36. The number of hydrogen-bond donors (Lipinski definition) is 1. The summed E-state index contributed by atoms with van der Waals surface area (Å²) >= 11 is 0. The molecule has 2 aromatic carbocycles. The Kier molecular flexibility index (Phi) is 4.17. The first kappa shape index (κ1) is 18.8. The molecule has 2 bridgehead atoms. The van der Waals surface area contributed by atoms with Gasteiger partial charge in [-0.05, 0) is 80.5 Å². The van der Waals surface area contributed by atoms with Gasteiger partial charge in [-0.3, -0.25) is 19.3 Å². The maximum absolute atomic E-state index is 13.1. The molecular formula is C25H24N2O3. The molecule has 30 heavy (non-hydrogen) atoms. The van der Waals surface area contributed by atoms with Crippen molar-refractivity contribution in [3.05, 3.63) is 70.8 Å². The van der Waals surface area contributed by atoms with Crippen molar-refractivity contribution >= 4 is 29.1 Å². The maximum Gasteiger partial charge on any atom is 0.255 e. The number of amides is 3. The van der Waals surface area contributed by atoms with E-state index in [4.69, 9.17) is 0 Å². The zero-order valence-corrected chi connectivity index (χ0v) is 17.3. The van der Waals surface area contributed by atoms with Gasteiger partial charge in [0.05, 0.1) is 17.5 Å². The Labute approximate surface area is 175 Å². The van der Waals surface area contributed by atoms with Gasteiger partial charge in [-0.2, -0.15) is 0 Å². The second-order valence-corrected chi connectivity index (χ2v) is 8.73. The van der Waals surface area contributed by atoms with E-state index in [9.17, 15) is 14.4 Å². The minimum atomic E-state index is -0.224. The molecule has 0 unspecified atom stereocenters. The number of aryl methyl sites for hydroxylation is 1. The van der Waals surface area contributed by atoms with Crippen LogP contribution in [-0.2, 0) is 9.59 Å². The highest BCUT2D eigenvalue weighted by Gasteiger charge is 2.60. The number of fused-ring (bicyclic) bond motifs is 5. The number of anilines is 2. The van der Waals surface area contributed by atoms with Gasteiger partial charge < -0.3 is 5.32 Å². The topological polar surface area (TPSA) is 66.5 Å². The van der Waals surface area contributed by atoms with Crippen molar-refractivity contribution in [2.24, 2.45) is 23.7 Å². The summed E-state index contributed by atoms with van der Waals surface area (Å²) < 4.78 is 0. The largest absolute Gasteiger partial charge is 0.322 e. The number of nitrogens with one attached hydrogen (secondary N) is 1. The van der Waals surface area contributed by atoms with E-state index in [0.29, 0.717) is 11.3 Å². The standard InChI is InChI=1S/C25H24N2O3/c1-13-5-4-6-20(15(13)3)26-23(28)16-7-9-18(10-8-16)27-24(29)21-17-11-14(2)19(12-17)22(21)25(27)30/h4-11,17,19,21-22H,12H2,1-3H3,(H,26,28)/t17-,19+,21+,22-/m0/s1. The summed E-state index contributed by atoms with van der Waals surface area (Å²) in [4.78, 5) is 40.1. The van der Waals surface area contributed by atoms with Crippen molar-refractivity contribution in [1.29, 1.82) is 0 Å². The molecule has 4 atom stereocenters. The van der Waals surface area contributed by atoms with E-state index in [0.717, 1.165) is 23.2 Å². The number of rotatable bonds is 3. The van der Waals surface area contributed by atoms with Crippen LogP contribution in [-0.4, -0.2) is 17.7 Å². The van der Waals surface area contributed by atoms with Crippen LogP contribution in [0.25, 0.3) is 0 Å². The summed E-state index contributed by atoms with van der Waals surface area (Å²) in [5, 5.41) is 2.94. The Morgan fingerprint density at radius 1 is 0.967 bits per heavy atom. The number of benzene rings is 2. The fraction of sp³-hybridized carbons (Fsp3) is 0.320. The number of nitrogens with zero attached hydrogens (tertiary/aromatic N) is 1. The van der Waals surface area contributed by atoms with Crippen LogP contribution in [0.3, 0.4) is 0 Å². The van der Waals surface area contributed by atoms with E-state index in [2.05, 4.69) is 18.3 Å². The monoisotopic (exact) mass is 400 g/mol. The Morgan fingerprint density at radius 3 is 2.40 bits per heavy atom. The molecule has 1 heterocycles. The first-order valence-electron chi connectivity index (χ1n) is 10.4. The van der Waals surface area contributed by atoms with Gasteiger partial charge in [0.25, 0.3) is 5.91 Å². The lowest BCUT2D eigenvalue weighted by Gasteiger charge is -2.19. The van der Waals surface area contributed by atoms with Gasteiger partial charge in [-0.1, -0.05) is 23.8 Å². The minimum Gasteiger partial charge on any atom is -0.322 e. The Morgan fingerprint density at radius 2 is 1.67 bits per heavy atom. The van der Waals surface area contributed by atoms with Crippen LogP contribution in [0.1, 0.15) is 34.8 Å². The van der Waals surface area contributed by atoms with Crippen LogP contribution in [0.5, 0.6) is 0 Å². The average molecular weight is 400 g/mol. The van der Waals surface area contributed by atoms with Crippen LogP contribution in [0, 0.1) is 37.5 Å². The highest BCUT2D eigenvalue weighted by molar-refractivity contribution is 6.23. The van der Waals surface area contributed by atoms with Gasteiger partial charge in [0.1, 0.15) is 0 Å². The highest BCUT2D eigenvalue weighted by atomic mass is 16.2. The molecule has 5 rings (SSSR count). The first-order chi connectivity index (χ1) is 14.4. The first-order valence-corrected chi connectivity index (χ1v) is 10.4. The van der Waals surface area contributed by atoms with E-state index < -0.39 is 0 Å². The number of hydrogen-bond acceptors (Lipinski definition) is 3. The lowest BCUT2D eigenvalue weighted by Crippen LogP contribution is -2.33. The molecule has 1 saturated heterocycles. The molecule has 152 valence electrons. The summed E-state index contributed by atoms with van der Waals surface area (Å²) in [7, 11) is 0. The lowest BCUT2D eigenvalue weighted by atomic mass is 9.82. The number of carbonyl (C=O) groups is 3. The van der Waals surface area contributed by atoms with Crippen LogP contribution in [0.15, 0.2) is 54.1 Å². The third-order valence-electron chi connectivity index (χ3n) is 7.12. The Bertz CT molecular complexity index is 1120. The van der Waals surface area contributed by atoms with Crippen LogP contribution >= 0.6 is 0 Å². The second-order valence-electron chi connectivity index (χ2n) is 8.73. The molecule has 1 saturated carbocycles. The van der Waals surface area contributed by atoms with Gasteiger partial charge in [-0.25, -0.2) is 0 Å². The Hall–Kier alpha value is -3.21. The van der Waals surface area contributed by atoms with E-state index in [1.165, 1.54) is 10.5 Å². The van der Waals surface area contributed by atoms with E-state index >= 15 is 0 Å². The molecule has 0 radical (unpaired) electrons. The third kappa shape index (κ3) is 2.65. The van der Waals surface area contributed by atoms with E-state index in [1.807, 2.05) is 32.0 Å². The van der Waals surface area contributed by atoms with Gasteiger partial charge in [0.2, 0.25) is 11.8 Å². The zero-order chi connectivity index (χ0) is 21.2. The maximum atomic E-state index is 13.1. The SMILES string of the molecule is CC1=C[C@H]2C[C@H]1[C@@H]1C(=O)N(c3ccc(C(=O)Nc4cccc(C)c4C)cc3)C(=O)[C@@H]12. The molecule has 0 spiro atoms. The predicted molar refractivity (Wildman–Crippen MR) is 115 cm³/mol. The summed E-state index contributed by atoms with van der Waals surface area (Å²) in [6, 6.07) is 12.5. The quantitative estimate of drug-likeness (QED) is 0.618. The summed E-state index contributed by atoms with van der Waals surface area (Å²) in [5.74, 6) is -0.484. The molecule has 1 N–H and O–H groups in total. The highest BCUT2D eigenvalue weighted by Crippen LogP contribution is 2.55. The molecule has 3 aliphatic rings. The molecule has 0 aromatic heterocycles. The van der Waals surface area contributed by atoms with Gasteiger partial charge in [-0.15, -0.1) is 0 Å². The third-order valence-corrected chi connectivity index (χ3v) is 7.12. The van der Waals surface area contributed by atoms with Crippen molar-refractivity contribution in [2.75, 3.05) is 10.2 Å². The molecule has 5 heteroatoms. The molecule has 5 nitrogen and oxygen atoms in total. The fourth-order valence-electron chi connectivity index (χ4n) is 5.37. The van der Waals surface area contributed by atoms with Gasteiger partial charge >= 0.3 is 0 Å². The predicted octanol–water partition coefficient (Wildman–Crippen LogP) is 4.26. The normalized spacial score (nSPS) is 26.8. The van der Waals surface area contributed by atoms with E-state index in [1.54, 1.807) is 24.3 Å². The zero-order valence-electron chi connectivity index (χ0n) is 17.3. The second kappa shape index (κ2) is 6.66. The molecule has 2 aromatic rings. The van der Waals surface area contributed by atoms with Crippen molar-refractivity contribution < 1.29 is 14.4 Å². The van der Waals surface area contributed by atoms with Crippen molar-refractivity contribution in [3.8, 4) is 0 Å². The van der Waals surface area contributed by atoms with Crippen molar-refractivity contribution in [2.45, 2.75) is 27.2 Å². The summed E-state index contributed by atoms with van der Waals surface area (Å²) in [6.07, 6.45) is 3.09. The van der Waals surface area contributed by atoms with E-state index in [-0.39, 0.29) is 41.4 Å². The van der Waals surface area contributed by atoms with Crippen LogP contribution in [0.4, 0.5) is 11.4 Å². The smallest absolute Gasteiger partial charge is 0.255 e. The lowest BCUT2D eigenvalue weighted by molar-refractivity contribution is -0.123. The number of carbonyl (C=O) groups excluding carboxylic acids is 3. The van der Waals surface area contributed by atoms with Crippen molar-refractivity contribution in [3.63, 3.8) is 0 Å². The average Bonchev–Trinajstić information content (AvgIpc) is 3.36.